The van der Waals surface area contributed by atoms with E-state index in [2.05, 4.69) is 53.3 Å². The molecule has 0 amide bonds. The largest absolute Gasteiger partial charge is 0.489 e. The number of hydrogen-bond acceptors (Lipinski definition) is 10. The van der Waals surface area contributed by atoms with Gasteiger partial charge in [-0.2, -0.15) is 5.26 Å². The van der Waals surface area contributed by atoms with Gasteiger partial charge in [-0.15, -0.1) is 0 Å². The number of likely N-dealkylation sites (tertiary alicyclic amines) is 1. The van der Waals surface area contributed by atoms with Crippen molar-refractivity contribution in [3.63, 3.8) is 0 Å². The summed E-state index contributed by atoms with van der Waals surface area (Å²) in [4.78, 5) is 29.8. The van der Waals surface area contributed by atoms with Crippen LogP contribution in [0.4, 0.5) is 0 Å². The average Bonchev–Trinajstić information content (AvgIpc) is 3.19. The zero-order valence-corrected chi connectivity index (χ0v) is 32.2. The fraction of sp³-hybridized carbons (Fsp3) is 0.429. The van der Waals surface area contributed by atoms with E-state index >= 15 is 0 Å². The number of aliphatic hydroxyl groups excluding tert-OH is 1. The van der Waals surface area contributed by atoms with Gasteiger partial charge in [-0.25, -0.2) is 0 Å². The number of piperidine rings is 1. The van der Waals surface area contributed by atoms with Crippen molar-refractivity contribution in [2.45, 2.75) is 64.3 Å². The first-order chi connectivity index (χ1) is 26.4. The molecule has 0 spiro atoms. The van der Waals surface area contributed by atoms with Crippen molar-refractivity contribution < 1.29 is 39.1 Å². The molecule has 2 aliphatic rings. The van der Waals surface area contributed by atoms with Crippen LogP contribution in [0, 0.1) is 30.1 Å². The van der Waals surface area contributed by atoms with E-state index in [-0.39, 0.29) is 36.6 Å². The standard InChI is InChI=1S/C42H49ClN4O8/c1-28-9-4-5-11-34(28)35-12-6-13-42(29(35)2,55-16-8-15-47-14-7-10-32(24-47)39(49)50)27-54-38-19-37(53-25-31-17-30(20-44)21-45-22-31)33(18-36(38)43)23-46-41(3,26-48)40(51)52/h4-6,9,11-13,17-19,21-22,29,32,46,48H,7-8,10,14-16,23-27H2,1-3H3,(H,49,50)(H,51,52)/t29?,32-,41?,42?/m0/s1. The van der Waals surface area contributed by atoms with E-state index in [4.69, 9.17) is 25.8 Å². The molecule has 0 radical (unpaired) electrons. The number of carbonyl (C=O) groups is 2. The van der Waals surface area contributed by atoms with Crippen molar-refractivity contribution in [1.29, 1.82) is 5.26 Å². The van der Waals surface area contributed by atoms with Gasteiger partial charge in [0.05, 0.1) is 23.1 Å². The smallest absolute Gasteiger partial charge is 0.326 e. The van der Waals surface area contributed by atoms with Crippen molar-refractivity contribution >= 4 is 29.1 Å². The molecule has 1 aromatic heterocycles. The fourth-order valence-corrected chi connectivity index (χ4v) is 7.15. The fourth-order valence-electron chi connectivity index (χ4n) is 6.91. The molecule has 1 fully saturated rings. The number of allylic oxidation sites excluding steroid dienone is 2. The molecule has 4 atom stereocenters. The molecule has 1 aliphatic carbocycles. The Kier molecular flexibility index (Phi) is 14.1. The first kappa shape index (κ1) is 41.4. The number of hydrogen-bond donors (Lipinski definition) is 4. The highest BCUT2D eigenvalue weighted by Gasteiger charge is 2.41. The summed E-state index contributed by atoms with van der Waals surface area (Å²) in [6.07, 6.45) is 11.4. The Morgan fingerprint density at radius 2 is 1.96 bits per heavy atom. The second-order valence-corrected chi connectivity index (χ2v) is 14.9. The molecule has 1 aliphatic heterocycles. The minimum absolute atomic E-state index is 0.00316. The van der Waals surface area contributed by atoms with E-state index in [9.17, 15) is 30.2 Å². The van der Waals surface area contributed by atoms with Crippen LogP contribution in [0.25, 0.3) is 5.57 Å². The number of aliphatic carboxylic acids is 2. The molecule has 55 heavy (non-hydrogen) atoms. The molecule has 3 aromatic rings. The van der Waals surface area contributed by atoms with E-state index in [0.717, 1.165) is 29.7 Å². The maximum Gasteiger partial charge on any atom is 0.326 e. The Morgan fingerprint density at radius 1 is 1.16 bits per heavy atom. The number of pyridine rings is 1. The van der Waals surface area contributed by atoms with Gasteiger partial charge in [0, 0.05) is 61.7 Å². The Bertz CT molecular complexity index is 1950. The van der Waals surface area contributed by atoms with Crippen LogP contribution in [0.15, 0.2) is 73.1 Å². The number of halogens is 1. The highest BCUT2D eigenvalue weighted by Crippen LogP contribution is 2.41. The lowest BCUT2D eigenvalue weighted by molar-refractivity contribution is -0.146. The summed E-state index contributed by atoms with van der Waals surface area (Å²) in [6, 6.07) is 15.2. The number of nitriles is 1. The number of carboxylic acids is 2. The molecule has 5 rings (SSSR count). The Hall–Kier alpha value is -4.77. The molecule has 0 saturated carbocycles. The minimum Gasteiger partial charge on any atom is -0.489 e. The number of aryl methyl sites for hydroxylation is 1. The number of aromatic nitrogens is 1. The van der Waals surface area contributed by atoms with Gasteiger partial charge in [-0.1, -0.05) is 54.9 Å². The molecule has 4 N–H and O–H groups in total. The topological polar surface area (TPSA) is 174 Å². The van der Waals surface area contributed by atoms with Crippen LogP contribution < -0.4 is 14.8 Å². The lowest BCUT2D eigenvalue weighted by Gasteiger charge is -2.40. The number of aliphatic hydroxyl groups is 1. The monoisotopic (exact) mass is 772 g/mol. The van der Waals surface area contributed by atoms with E-state index in [1.807, 2.05) is 24.3 Å². The van der Waals surface area contributed by atoms with Crippen molar-refractivity contribution in [2.75, 3.05) is 39.5 Å². The van der Waals surface area contributed by atoms with Crippen LogP contribution in [0.3, 0.4) is 0 Å². The number of benzene rings is 2. The molecular weight excluding hydrogens is 724 g/mol. The minimum atomic E-state index is -1.62. The summed E-state index contributed by atoms with van der Waals surface area (Å²) in [5.74, 6) is -1.80. The summed E-state index contributed by atoms with van der Waals surface area (Å²) in [5, 5.41) is 41.6. The van der Waals surface area contributed by atoms with Crippen molar-refractivity contribution in [3.05, 3.63) is 106 Å². The summed E-state index contributed by atoms with van der Waals surface area (Å²) in [5.41, 5.74) is 2.36. The lowest BCUT2D eigenvalue weighted by atomic mass is 9.76. The highest BCUT2D eigenvalue weighted by atomic mass is 35.5. The molecule has 12 nitrogen and oxygen atoms in total. The van der Waals surface area contributed by atoms with E-state index in [1.165, 1.54) is 13.1 Å². The molecule has 1 saturated heterocycles. The molecule has 0 bridgehead atoms. The highest BCUT2D eigenvalue weighted by molar-refractivity contribution is 6.32. The summed E-state index contributed by atoms with van der Waals surface area (Å²) in [7, 11) is 0. The second-order valence-electron chi connectivity index (χ2n) is 14.5. The van der Waals surface area contributed by atoms with E-state index in [0.29, 0.717) is 60.7 Å². The van der Waals surface area contributed by atoms with Gasteiger partial charge in [0.15, 0.2) is 0 Å². The van der Waals surface area contributed by atoms with Gasteiger partial charge in [0.2, 0.25) is 0 Å². The summed E-state index contributed by atoms with van der Waals surface area (Å²) in [6.45, 7) is 7.57. The van der Waals surface area contributed by atoms with Gasteiger partial charge in [-0.3, -0.25) is 19.9 Å². The van der Waals surface area contributed by atoms with E-state index < -0.39 is 29.7 Å². The number of rotatable bonds is 18. The molecular formula is C42H49ClN4O8. The van der Waals surface area contributed by atoms with E-state index in [1.54, 1.807) is 24.4 Å². The maximum absolute atomic E-state index is 11.9. The van der Waals surface area contributed by atoms with Crippen molar-refractivity contribution in [3.8, 4) is 17.6 Å². The molecule has 292 valence electrons. The van der Waals surface area contributed by atoms with Crippen LogP contribution in [0.1, 0.15) is 60.9 Å². The van der Waals surface area contributed by atoms with Gasteiger partial charge >= 0.3 is 11.9 Å². The SMILES string of the molecule is Cc1ccccc1C1=CC=CC(COc2cc(OCc3cncc(C#N)c3)c(CNC(C)(CO)C(=O)O)cc2Cl)(OCCCN2CCC[C@H](C(=O)O)C2)C1C. The third kappa shape index (κ3) is 10.3. The molecule has 2 heterocycles. The maximum atomic E-state index is 11.9. The number of nitrogens with one attached hydrogen (secondary N) is 1. The van der Waals surface area contributed by atoms with Gasteiger partial charge in [0.1, 0.15) is 41.9 Å². The number of ether oxygens (including phenoxy) is 3. The van der Waals surface area contributed by atoms with Gasteiger partial charge < -0.3 is 34.4 Å². The number of nitrogens with zero attached hydrogens (tertiary/aromatic N) is 3. The second kappa shape index (κ2) is 18.7. The number of carboxylic acid groups (broad SMARTS) is 2. The van der Waals surface area contributed by atoms with Crippen LogP contribution in [-0.4, -0.2) is 87.7 Å². The Morgan fingerprint density at radius 3 is 2.69 bits per heavy atom. The van der Waals surface area contributed by atoms with Crippen LogP contribution in [0.5, 0.6) is 11.5 Å². The zero-order valence-electron chi connectivity index (χ0n) is 31.5. The van der Waals surface area contributed by atoms with Crippen LogP contribution >= 0.6 is 11.6 Å². The molecule has 2 aromatic carbocycles. The van der Waals surface area contributed by atoms with Crippen LogP contribution in [0.2, 0.25) is 5.02 Å². The first-order valence-electron chi connectivity index (χ1n) is 18.4. The van der Waals surface area contributed by atoms with Gasteiger partial charge in [0.25, 0.3) is 0 Å². The normalized spacial score (nSPS) is 20.9. The van der Waals surface area contributed by atoms with Crippen LogP contribution in [-0.2, 0) is 27.5 Å². The van der Waals surface area contributed by atoms with Gasteiger partial charge in [-0.05, 0) is 74.6 Å². The summed E-state index contributed by atoms with van der Waals surface area (Å²) >= 11 is 6.86. The Balaban J connectivity index is 1.40. The summed E-state index contributed by atoms with van der Waals surface area (Å²) < 4.78 is 19.6. The third-order valence-corrected chi connectivity index (χ3v) is 10.8. The quantitative estimate of drug-likeness (QED) is 0.111. The zero-order chi connectivity index (χ0) is 39.6. The molecule has 3 unspecified atom stereocenters. The Labute approximate surface area is 327 Å². The predicted octanol–water partition coefficient (Wildman–Crippen LogP) is 6.03. The average molecular weight is 773 g/mol. The van der Waals surface area contributed by atoms with Crippen molar-refractivity contribution in [1.82, 2.24) is 15.2 Å². The third-order valence-electron chi connectivity index (χ3n) is 10.5. The molecule has 13 heteroatoms. The lowest BCUT2D eigenvalue weighted by Crippen LogP contribution is -2.52. The van der Waals surface area contributed by atoms with Crippen molar-refractivity contribution in [2.24, 2.45) is 11.8 Å². The predicted molar refractivity (Wildman–Crippen MR) is 208 cm³/mol. The first-order valence-corrected chi connectivity index (χ1v) is 18.8.